The van der Waals surface area contributed by atoms with Crippen LogP contribution in [0.2, 0.25) is 0 Å². The van der Waals surface area contributed by atoms with Crippen molar-refractivity contribution in [1.82, 2.24) is 40.4 Å². The Hall–Kier alpha value is -5.92. The molecule has 4 saturated heterocycles. The van der Waals surface area contributed by atoms with Crippen LogP contribution in [0.4, 0.5) is 9.59 Å². The van der Waals surface area contributed by atoms with E-state index in [0.29, 0.717) is 81.3 Å². The van der Waals surface area contributed by atoms with Gasteiger partial charge in [-0.1, -0.05) is 24.1 Å². The molecule has 0 radical (unpaired) electrons. The topological polar surface area (TPSA) is 204 Å². The van der Waals surface area contributed by atoms with E-state index in [1.54, 1.807) is 12.4 Å². The Morgan fingerprint density at radius 2 is 1.33 bits per heavy atom. The molecule has 5 N–H and O–H groups in total. The van der Waals surface area contributed by atoms with Crippen LogP contribution in [0.15, 0.2) is 48.8 Å². The standard InChI is InChI=1S/C45H50N8O8/c1-59-45(58)51-39(26-10-14-61-15-11-26)43(55)52-34-18-30(34)20-36(52)40-46-22-32(48-40)7-3-24-2-4-28-17-29(6-5-27(28)16-24)33-23-47-41(49-33)37-21-31-19-35(31)53(37)42(54)38(50-44(56)57)25-8-12-60-13-9-25/h2,4-6,16-17,22-23,25-26,30-31,34-39,50H,8-15,18-21H2,1H3,(H,46,48)(H,47,49)(H,51,58)(H,56,57)/t30-,31+,34+,35+,36-,37-,38-,39-/m0/s1. The summed E-state index contributed by atoms with van der Waals surface area (Å²) < 4.78 is 15.9. The number of methoxy groups -OCH3 is 1. The molecule has 4 aliphatic heterocycles. The fourth-order valence-corrected chi connectivity index (χ4v) is 10.4. The molecule has 61 heavy (non-hydrogen) atoms. The highest BCUT2D eigenvalue weighted by Gasteiger charge is 2.58. The van der Waals surface area contributed by atoms with Crippen molar-refractivity contribution in [3.63, 3.8) is 0 Å². The molecule has 0 spiro atoms. The Morgan fingerprint density at radius 1 is 0.754 bits per heavy atom. The number of likely N-dealkylation sites (tertiary alicyclic amines) is 2. The number of rotatable bonds is 9. The lowest BCUT2D eigenvalue weighted by Gasteiger charge is -2.35. The lowest BCUT2D eigenvalue weighted by molar-refractivity contribution is -0.138. The summed E-state index contributed by atoms with van der Waals surface area (Å²) in [6.45, 7) is 2.15. The zero-order valence-electron chi connectivity index (χ0n) is 34.0. The SMILES string of the molecule is COC(=O)N[C@H](C(=O)N1[C@@H]2C[C@H]2C[C@H]1c1ncc(C#Cc2ccc3cc(-c4cnc([C@@H]5C[C@H]6C[C@H]6N5C(=O)[C@@H](NC(=O)O)C5CCOCC5)[nH]4)ccc3c2)[nH]1)C1CCOCC1. The summed E-state index contributed by atoms with van der Waals surface area (Å²) in [5, 5.41) is 17.1. The number of hydrogen-bond acceptors (Lipinski definition) is 9. The predicted molar refractivity (Wildman–Crippen MR) is 220 cm³/mol. The Balaban J connectivity index is 0.820. The van der Waals surface area contributed by atoms with Crippen LogP contribution in [0.1, 0.15) is 86.4 Å². The molecule has 2 aromatic heterocycles. The van der Waals surface area contributed by atoms with Crippen molar-refractivity contribution in [3.05, 3.63) is 71.7 Å². The van der Waals surface area contributed by atoms with Crippen LogP contribution >= 0.6 is 0 Å². The van der Waals surface area contributed by atoms with Gasteiger partial charge in [-0.15, -0.1) is 0 Å². The van der Waals surface area contributed by atoms with E-state index >= 15 is 0 Å². The number of benzene rings is 2. The van der Waals surface area contributed by atoms with Gasteiger partial charge in [-0.3, -0.25) is 9.59 Å². The summed E-state index contributed by atoms with van der Waals surface area (Å²) in [6.07, 6.45) is 7.86. The van der Waals surface area contributed by atoms with Crippen molar-refractivity contribution in [3.8, 4) is 23.1 Å². The Morgan fingerprint density at radius 3 is 1.95 bits per heavy atom. The minimum Gasteiger partial charge on any atom is -0.465 e. The average Bonchev–Trinajstić information content (AvgIpc) is 3.88. The van der Waals surface area contributed by atoms with Crippen LogP contribution < -0.4 is 10.6 Å². The van der Waals surface area contributed by atoms with Gasteiger partial charge in [0.05, 0.1) is 37.3 Å². The first-order chi connectivity index (χ1) is 29.7. The van der Waals surface area contributed by atoms with Gasteiger partial charge in [0.2, 0.25) is 11.8 Å². The number of carbonyl (C=O) groups excluding carboxylic acids is 3. The number of nitrogens with zero attached hydrogens (tertiary/aromatic N) is 4. The molecule has 0 unspecified atom stereocenters. The van der Waals surface area contributed by atoms with Gasteiger partial charge in [0.15, 0.2) is 0 Å². The molecule has 4 amide bonds. The molecular weight excluding hydrogens is 781 g/mol. The summed E-state index contributed by atoms with van der Waals surface area (Å²) in [4.78, 5) is 72.4. The van der Waals surface area contributed by atoms with Gasteiger partial charge in [0.1, 0.15) is 29.4 Å². The minimum atomic E-state index is -1.19. The second-order valence-corrected chi connectivity index (χ2v) is 17.5. The molecule has 6 heterocycles. The number of hydrogen-bond donors (Lipinski definition) is 5. The lowest BCUT2D eigenvalue weighted by Crippen LogP contribution is -2.54. The number of imidazole rings is 2. The van der Waals surface area contributed by atoms with E-state index in [1.807, 2.05) is 34.1 Å². The summed E-state index contributed by atoms with van der Waals surface area (Å²) >= 11 is 0. The largest absolute Gasteiger partial charge is 0.465 e. The Kier molecular flexibility index (Phi) is 10.4. The van der Waals surface area contributed by atoms with Gasteiger partial charge >= 0.3 is 12.2 Å². The Labute approximate surface area is 352 Å². The zero-order valence-corrected chi connectivity index (χ0v) is 34.0. The zero-order chi connectivity index (χ0) is 41.8. The number of aromatic amines is 2. The van der Waals surface area contributed by atoms with E-state index in [2.05, 4.69) is 49.6 Å². The molecule has 8 atom stereocenters. The number of piperidine rings is 2. The van der Waals surface area contributed by atoms with Crippen LogP contribution in [0.3, 0.4) is 0 Å². The molecular formula is C45H50N8O8. The van der Waals surface area contributed by atoms with Crippen LogP contribution in [0, 0.1) is 35.5 Å². The molecule has 4 aromatic rings. The van der Waals surface area contributed by atoms with Crippen molar-refractivity contribution in [2.75, 3.05) is 33.5 Å². The van der Waals surface area contributed by atoms with Gasteiger partial charge in [-0.2, -0.15) is 0 Å². The quantitative estimate of drug-likeness (QED) is 0.145. The smallest absolute Gasteiger partial charge is 0.407 e. The number of nitrogens with one attached hydrogen (secondary N) is 4. The molecule has 2 aromatic carbocycles. The second kappa shape index (κ2) is 16.2. The highest BCUT2D eigenvalue weighted by Crippen LogP contribution is 2.54. The Bertz CT molecular complexity index is 2410. The van der Waals surface area contributed by atoms with E-state index in [0.717, 1.165) is 53.3 Å². The third kappa shape index (κ3) is 7.81. The number of H-pyrrole nitrogens is 2. The van der Waals surface area contributed by atoms with Crippen LogP contribution in [0.5, 0.6) is 0 Å². The highest BCUT2D eigenvalue weighted by atomic mass is 16.5. The molecule has 2 aliphatic carbocycles. The van der Waals surface area contributed by atoms with Crippen molar-refractivity contribution < 1.29 is 38.5 Å². The van der Waals surface area contributed by atoms with Gasteiger partial charge in [0, 0.05) is 49.6 Å². The van der Waals surface area contributed by atoms with Crippen molar-refractivity contribution in [1.29, 1.82) is 0 Å². The third-order valence-corrected chi connectivity index (χ3v) is 13.8. The molecule has 16 nitrogen and oxygen atoms in total. The van der Waals surface area contributed by atoms with Gasteiger partial charge in [0.25, 0.3) is 0 Å². The first-order valence-electron chi connectivity index (χ1n) is 21.5. The number of aromatic nitrogens is 4. The maximum atomic E-state index is 14.1. The minimum absolute atomic E-state index is 0.0337. The summed E-state index contributed by atoms with van der Waals surface area (Å²) in [5.74, 6) is 8.30. The normalized spacial score (nSPS) is 26.7. The van der Waals surface area contributed by atoms with Crippen LogP contribution in [-0.4, -0.2) is 117 Å². The predicted octanol–water partition coefficient (Wildman–Crippen LogP) is 4.89. The summed E-state index contributed by atoms with van der Waals surface area (Å²) in [6, 6.07) is 10.5. The maximum Gasteiger partial charge on any atom is 0.407 e. The van der Waals surface area contributed by atoms with Crippen molar-refractivity contribution in [2.24, 2.45) is 23.7 Å². The number of fused-ring (bicyclic) bond motifs is 3. The highest BCUT2D eigenvalue weighted by molar-refractivity contribution is 5.89. The molecule has 2 saturated carbocycles. The lowest BCUT2D eigenvalue weighted by atomic mass is 9.90. The average molecular weight is 831 g/mol. The van der Waals surface area contributed by atoms with Crippen molar-refractivity contribution in [2.45, 2.75) is 87.6 Å². The summed E-state index contributed by atoms with van der Waals surface area (Å²) in [7, 11) is 1.31. The molecule has 16 heteroatoms. The maximum absolute atomic E-state index is 14.1. The summed E-state index contributed by atoms with van der Waals surface area (Å²) in [5.41, 5.74) is 3.29. The monoisotopic (exact) mass is 830 g/mol. The number of ether oxygens (including phenoxy) is 3. The van der Waals surface area contributed by atoms with E-state index < -0.39 is 24.3 Å². The number of carboxylic acid groups (broad SMARTS) is 1. The molecule has 318 valence electrons. The van der Waals surface area contributed by atoms with Crippen LogP contribution in [-0.2, 0) is 23.8 Å². The molecule has 10 rings (SSSR count). The van der Waals surface area contributed by atoms with E-state index in [1.165, 1.54) is 7.11 Å². The van der Waals surface area contributed by atoms with Crippen LogP contribution in [0.25, 0.3) is 22.0 Å². The third-order valence-electron chi connectivity index (χ3n) is 13.8. The molecule has 0 bridgehead atoms. The molecule has 6 fully saturated rings. The van der Waals surface area contributed by atoms with E-state index in [-0.39, 0.29) is 47.8 Å². The van der Waals surface area contributed by atoms with Gasteiger partial charge in [-0.05, 0) is 110 Å². The first kappa shape index (κ1) is 39.2. The van der Waals surface area contributed by atoms with E-state index in [9.17, 15) is 24.3 Å². The number of amides is 4. The second-order valence-electron chi connectivity index (χ2n) is 17.5. The fraction of sp³-hybridized carbons (Fsp3) is 0.511. The molecule has 6 aliphatic rings. The number of carbonyl (C=O) groups is 4. The van der Waals surface area contributed by atoms with Gasteiger partial charge in [-0.25, -0.2) is 19.6 Å². The first-order valence-corrected chi connectivity index (χ1v) is 21.5. The van der Waals surface area contributed by atoms with E-state index in [4.69, 9.17) is 19.2 Å². The number of alkyl carbamates (subject to hydrolysis) is 1. The van der Waals surface area contributed by atoms with Gasteiger partial charge < -0.3 is 49.7 Å². The van der Waals surface area contributed by atoms with Crippen molar-refractivity contribution >= 4 is 34.8 Å². The fourth-order valence-electron chi connectivity index (χ4n) is 10.4.